The van der Waals surface area contributed by atoms with Crippen LogP contribution in [0.2, 0.25) is 0 Å². The van der Waals surface area contributed by atoms with Gasteiger partial charge in [0, 0.05) is 19.5 Å². The zero-order valence-corrected chi connectivity index (χ0v) is 18.6. The van der Waals surface area contributed by atoms with Gasteiger partial charge in [0.2, 0.25) is 0 Å². The Morgan fingerprint density at radius 3 is 2.50 bits per heavy atom. The molecular weight excluding hydrogens is 378 g/mol. The third-order valence-corrected chi connectivity index (χ3v) is 5.26. The van der Waals surface area contributed by atoms with Crippen LogP contribution in [0.25, 0.3) is 0 Å². The van der Waals surface area contributed by atoms with Gasteiger partial charge in [-0.2, -0.15) is 0 Å². The molecule has 1 aliphatic heterocycles. The van der Waals surface area contributed by atoms with Crippen LogP contribution >= 0.6 is 0 Å². The van der Waals surface area contributed by atoms with Gasteiger partial charge in [0.15, 0.2) is 5.75 Å². The van der Waals surface area contributed by atoms with Crippen LogP contribution in [0.15, 0.2) is 36.5 Å². The molecule has 1 amide bonds. The third kappa shape index (κ3) is 6.71. The van der Waals surface area contributed by atoms with E-state index in [2.05, 4.69) is 9.97 Å². The van der Waals surface area contributed by atoms with Crippen LogP contribution in [-0.2, 0) is 17.8 Å². The molecule has 6 nitrogen and oxygen atoms in total. The number of hydrogen-bond acceptors (Lipinski definition) is 5. The Balaban J connectivity index is 1.43. The molecule has 0 unspecified atom stereocenters. The minimum Gasteiger partial charge on any atom is -0.485 e. The van der Waals surface area contributed by atoms with Gasteiger partial charge >= 0.3 is 6.09 Å². The second-order valence-corrected chi connectivity index (χ2v) is 8.96. The van der Waals surface area contributed by atoms with Crippen molar-refractivity contribution in [1.29, 1.82) is 0 Å². The summed E-state index contributed by atoms with van der Waals surface area (Å²) >= 11 is 0. The Hall–Kier alpha value is -2.63. The molecule has 30 heavy (non-hydrogen) atoms. The average molecular weight is 412 g/mol. The molecule has 0 N–H and O–H groups in total. The number of rotatable bonds is 6. The van der Waals surface area contributed by atoms with Crippen LogP contribution in [0.3, 0.4) is 0 Å². The normalized spacial score (nSPS) is 15.1. The molecule has 1 aliphatic rings. The van der Waals surface area contributed by atoms with Crippen molar-refractivity contribution in [3.05, 3.63) is 53.6 Å². The Kier molecular flexibility index (Phi) is 7.29. The number of ether oxygens (including phenoxy) is 2. The summed E-state index contributed by atoms with van der Waals surface area (Å²) in [6, 6.07) is 10.1. The molecule has 1 aromatic heterocycles. The quantitative estimate of drug-likeness (QED) is 0.673. The second-order valence-electron chi connectivity index (χ2n) is 8.96. The Morgan fingerprint density at radius 2 is 1.87 bits per heavy atom. The first-order valence-corrected chi connectivity index (χ1v) is 10.8. The minimum atomic E-state index is -0.444. The lowest BCUT2D eigenvalue weighted by molar-refractivity contribution is 0.0181. The van der Waals surface area contributed by atoms with Crippen molar-refractivity contribution >= 4 is 6.09 Å². The van der Waals surface area contributed by atoms with Crippen molar-refractivity contribution in [2.45, 2.75) is 65.6 Å². The second kappa shape index (κ2) is 9.92. The first-order chi connectivity index (χ1) is 14.3. The van der Waals surface area contributed by atoms with E-state index in [1.807, 2.05) is 62.9 Å². The predicted octanol–water partition coefficient (Wildman–Crippen LogP) is 4.94. The number of amides is 1. The summed E-state index contributed by atoms with van der Waals surface area (Å²) in [5.41, 5.74) is 1.55. The maximum atomic E-state index is 12.2. The summed E-state index contributed by atoms with van der Waals surface area (Å²) in [7, 11) is 0. The molecule has 1 aromatic carbocycles. The van der Waals surface area contributed by atoms with Gasteiger partial charge in [-0.3, -0.25) is 0 Å². The fraction of sp³-hybridized carbons (Fsp3) is 0.542. The van der Waals surface area contributed by atoms with Crippen molar-refractivity contribution in [2.75, 3.05) is 13.1 Å². The van der Waals surface area contributed by atoms with Gasteiger partial charge < -0.3 is 14.4 Å². The highest BCUT2D eigenvalue weighted by Gasteiger charge is 2.26. The van der Waals surface area contributed by atoms with Crippen LogP contribution in [0.5, 0.6) is 5.75 Å². The Bertz CT molecular complexity index is 825. The molecule has 3 rings (SSSR count). The van der Waals surface area contributed by atoms with Gasteiger partial charge in [-0.15, -0.1) is 0 Å². The van der Waals surface area contributed by atoms with Crippen LogP contribution in [0.4, 0.5) is 4.79 Å². The number of aryl methyl sites for hydroxylation is 2. The lowest BCUT2D eigenvalue weighted by Gasteiger charge is -2.33. The van der Waals surface area contributed by atoms with Gasteiger partial charge in [0.05, 0.1) is 11.9 Å². The third-order valence-electron chi connectivity index (χ3n) is 5.26. The summed E-state index contributed by atoms with van der Waals surface area (Å²) in [5, 5.41) is 0. The highest BCUT2D eigenvalue weighted by molar-refractivity contribution is 5.68. The predicted molar refractivity (Wildman–Crippen MR) is 116 cm³/mol. The molecular formula is C24H33N3O3. The molecule has 1 saturated heterocycles. The summed E-state index contributed by atoms with van der Waals surface area (Å²) in [4.78, 5) is 23.1. The molecule has 0 saturated carbocycles. The largest absolute Gasteiger partial charge is 0.485 e. The van der Waals surface area contributed by atoms with Crippen molar-refractivity contribution in [1.82, 2.24) is 14.9 Å². The number of hydrogen-bond donors (Lipinski definition) is 0. The molecule has 0 radical (unpaired) electrons. The lowest BCUT2D eigenvalue weighted by Crippen LogP contribution is -2.41. The number of aromatic nitrogens is 2. The molecule has 0 bridgehead atoms. The maximum absolute atomic E-state index is 12.2. The van der Waals surface area contributed by atoms with Crippen LogP contribution in [0.1, 0.15) is 57.1 Å². The smallest absolute Gasteiger partial charge is 0.410 e. The van der Waals surface area contributed by atoms with Gasteiger partial charge in [-0.1, -0.05) is 30.3 Å². The van der Waals surface area contributed by atoms with Crippen molar-refractivity contribution in [3.63, 3.8) is 0 Å². The van der Waals surface area contributed by atoms with Gasteiger partial charge in [0.25, 0.3) is 0 Å². The van der Waals surface area contributed by atoms with Gasteiger partial charge in [-0.05, 0) is 58.4 Å². The highest BCUT2D eigenvalue weighted by atomic mass is 16.6. The van der Waals surface area contributed by atoms with E-state index in [1.165, 1.54) is 0 Å². The van der Waals surface area contributed by atoms with E-state index in [4.69, 9.17) is 9.47 Å². The first-order valence-electron chi connectivity index (χ1n) is 10.8. The number of likely N-dealkylation sites (tertiary alicyclic amines) is 1. The molecule has 6 heteroatoms. The van der Waals surface area contributed by atoms with E-state index < -0.39 is 5.60 Å². The molecule has 0 spiro atoms. The highest BCUT2D eigenvalue weighted by Crippen LogP contribution is 2.24. The monoisotopic (exact) mass is 411 g/mol. The van der Waals surface area contributed by atoms with E-state index in [0.717, 1.165) is 61.6 Å². The molecule has 0 aliphatic carbocycles. The number of piperidine rings is 1. The van der Waals surface area contributed by atoms with E-state index >= 15 is 0 Å². The number of carbonyl (C=O) groups is 1. The number of benzene rings is 1. The lowest BCUT2D eigenvalue weighted by atomic mass is 9.92. The van der Waals surface area contributed by atoms with E-state index in [0.29, 0.717) is 12.5 Å². The molecule has 162 valence electrons. The zero-order valence-electron chi connectivity index (χ0n) is 18.6. The molecule has 1 fully saturated rings. The Morgan fingerprint density at radius 1 is 1.17 bits per heavy atom. The summed E-state index contributed by atoms with van der Waals surface area (Å²) in [5.74, 6) is 2.17. The first kappa shape index (κ1) is 22.1. The molecule has 2 aromatic rings. The van der Waals surface area contributed by atoms with Crippen LogP contribution in [-0.4, -0.2) is 39.7 Å². The van der Waals surface area contributed by atoms with Crippen molar-refractivity contribution in [3.8, 4) is 5.75 Å². The molecule has 0 atom stereocenters. The van der Waals surface area contributed by atoms with E-state index in [-0.39, 0.29) is 6.09 Å². The standard InChI is InChI=1S/C24H33N3O3/c1-18-21(29-17-20-8-6-5-7-9-20)16-25-22(26-18)11-10-19-12-14-27(15-13-19)23(28)30-24(2,3)4/h5-9,16,19H,10-15,17H2,1-4H3. The summed E-state index contributed by atoms with van der Waals surface area (Å²) in [6.07, 6.45) is 5.45. The fourth-order valence-electron chi connectivity index (χ4n) is 3.57. The van der Waals surface area contributed by atoms with Crippen LogP contribution < -0.4 is 4.74 Å². The topological polar surface area (TPSA) is 64.6 Å². The van der Waals surface area contributed by atoms with Crippen molar-refractivity contribution in [2.24, 2.45) is 5.92 Å². The fourth-order valence-corrected chi connectivity index (χ4v) is 3.57. The number of carbonyl (C=O) groups excluding carboxylic acids is 1. The maximum Gasteiger partial charge on any atom is 0.410 e. The molecule has 2 heterocycles. The number of nitrogens with zero attached hydrogens (tertiary/aromatic N) is 3. The Labute approximate surface area is 179 Å². The zero-order chi connectivity index (χ0) is 21.6. The van der Waals surface area contributed by atoms with E-state index in [1.54, 1.807) is 6.20 Å². The summed E-state index contributed by atoms with van der Waals surface area (Å²) in [6.45, 7) is 9.69. The average Bonchev–Trinajstić information content (AvgIpc) is 2.71. The summed E-state index contributed by atoms with van der Waals surface area (Å²) < 4.78 is 11.3. The van der Waals surface area contributed by atoms with Gasteiger partial charge in [-0.25, -0.2) is 14.8 Å². The minimum absolute atomic E-state index is 0.203. The van der Waals surface area contributed by atoms with E-state index in [9.17, 15) is 4.79 Å². The SMILES string of the molecule is Cc1nc(CCC2CCN(C(=O)OC(C)(C)C)CC2)ncc1OCc1ccccc1. The van der Waals surface area contributed by atoms with Gasteiger partial charge in [0.1, 0.15) is 18.0 Å². The van der Waals surface area contributed by atoms with Crippen LogP contribution in [0, 0.1) is 12.8 Å². The van der Waals surface area contributed by atoms with Crippen molar-refractivity contribution < 1.29 is 14.3 Å².